The second kappa shape index (κ2) is 4.49. The van der Waals surface area contributed by atoms with Gasteiger partial charge in [-0.25, -0.2) is 15.0 Å². The third-order valence-electron chi connectivity index (χ3n) is 1.83. The average Bonchev–Trinajstić information content (AvgIpc) is 2.30. The molecule has 0 saturated carbocycles. The van der Waals surface area contributed by atoms with Crippen LogP contribution in [0, 0.1) is 11.8 Å². The van der Waals surface area contributed by atoms with Crippen molar-refractivity contribution in [1.82, 2.24) is 15.0 Å². The number of aromatic nitrogens is 3. The molecule has 0 aliphatic rings. The summed E-state index contributed by atoms with van der Waals surface area (Å²) in [6.45, 7) is 0.395. The van der Waals surface area contributed by atoms with Gasteiger partial charge in [0.25, 0.3) is 0 Å². The SMILES string of the molecule is COCC#Cc1ncnc2ncccc12. The van der Waals surface area contributed by atoms with E-state index in [2.05, 4.69) is 26.8 Å². The maximum Gasteiger partial charge on any atom is 0.163 e. The van der Waals surface area contributed by atoms with E-state index in [-0.39, 0.29) is 0 Å². The molecule has 2 rings (SSSR count). The lowest BCUT2D eigenvalue weighted by Gasteiger charge is -1.96. The third kappa shape index (κ3) is 2.09. The fraction of sp³-hybridized carbons (Fsp3) is 0.182. The highest BCUT2D eigenvalue weighted by Gasteiger charge is 1.99. The molecule has 0 fully saturated rings. The van der Waals surface area contributed by atoms with Crippen LogP contribution in [0.5, 0.6) is 0 Å². The Kier molecular flexibility index (Phi) is 2.86. The van der Waals surface area contributed by atoms with E-state index in [0.717, 1.165) is 5.39 Å². The lowest BCUT2D eigenvalue weighted by molar-refractivity contribution is 0.240. The molecule has 15 heavy (non-hydrogen) atoms. The normalized spacial score (nSPS) is 9.67. The second-order valence-electron chi connectivity index (χ2n) is 2.83. The van der Waals surface area contributed by atoms with Gasteiger partial charge in [0.1, 0.15) is 18.6 Å². The fourth-order valence-corrected chi connectivity index (χ4v) is 1.19. The number of ether oxygens (including phenoxy) is 1. The van der Waals surface area contributed by atoms with Crippen molar-refractivity contribution in [3.8, 4) is 11.8 Å². The molecule has 0 N–H and O–H groups in total. The largest absolute Gasteiger partial charge is 0.372 e. The molecule has 74 valence electrons. The monoisotopic (exact) mass is 199 g/mol. The van der Waals surface area contributed by atoms with Gasteiger partial charge >= 0.3 is 0 Å². The van der Waals surface area contributed by atoms with Gasteiger partial charge in [-0.1, -0.05) is 5.92 Å². The summed E-state index contributed by atoms with van der Waals surface area (Å²) >= 11 is 0. The van der Waals surface area contributed by atoms with Crippen LogP contribution in [-0.4, -0.2) is 28.7 Å². The van der Waals surface area contributed by atoms with Crippen LogP contribution in [0.2, 0.25) is 0 Å². The minimum atomic E-state index is 0.395. The van der Waals surface area contributed by atoms with E-state index in [9.17, 15) is 0 Å². The van der Waals surface area contributed by atoms with Gasteiger partial charge in [0.15, 0.2) is 5.65 Å². The Hall–Kier alpha value is -1.99. The topological polar surface area (TPSA) is 47.9 Å². The molecule has 0 aromatic carbocycles. The number of methoxy groups -OCH3 is 1. The van der Waals surface area contributed by atoms with Gasteiger partial charge in [0.2, 0.25) is 0 Å². The van der Waals surface area contributed by atoms with Crippen LogP contribution in [0.15, 0.2) is 24.7 Å². The molecule has 0 amide bonds. The molecule has 0 unspecified atom stereocenters. The Labute approximate surface area is 87.3 Å². The van der Waals surface area contributed by atoms with Crippen molar-refractivity contribution in [1.29, 1.82) is 0 Å². The molecule has 0 saturated heterocycles. The molecule has 0 aliphatic carbocycles. The van der Waals surface area contributed by atoms with Gasteiger partial charge in [0.05, 0.1) is 5.39 Å². The average molecular weight is 199 g/mol. The van der Waals surface area contributed by atoms with Crippen molar-refractivity contribution in [2.24, 2.45) is 0 Å². The lowest BCUT2D eigenvalue weighted by atomic mass is 10.2. The summed E-state index contributed by atoms with van der Waals surface area (Å²) in [4.78, 5) is 12.3. The van der Waals surface area contributed by atoms with Gasteiger partial charge in [-0.3, -0.25) is 0 Å². The first-order valence-corrected chi connectivity index (χ1v) is 4.45. The van der Waals surface area contributed by atoms with E-state index in [1.165, 1.54) is 6.33 Å². The Balaban J connectivity index is 2.48. The number of pyridine rings is 1. The molecule has 0 atom stereocenters. The van der Waals surface area contributed by atoms with Crippen molar-refractivity contribution in [3.05, 3.63) is 30.4 Å². The van der Waals surface area contributed by atoms with Gasteiger partial charge in [-0.15, -0.1) is 0 Å². The van der Waals surface area contributed by atoms with Crippen LogP contribution < -0.4 is 0 Å². The number of hydrogen-bond acceptors (Lipinski definition) is 4. The summed E-state index contributed by atoms with van der Waals surface area (Å²) in [5, 5.41) is 0.864. The summed E-state index contributed by atoms with van der Waals surface area (Å²) in [7, 11) is 1.61. The molecular formula is C11H9N3O. The zero-order valence-corrected chi connectivity index (χ0v) is 8.27. The van der Waals surface area contributed by atoms with Gasteiger partial charge in [-0.05, 0) is 18.1 Å². The van der Waals surface area contributed by atoms with Crippen LogP contribution in [-0.2, 0) is 4.74 Å². The highest BCUT2D eigenvalue weighted by molar-refractivity contribution is 5.79. The first-order chi connectivity index (χ1) is 7.42. The number of nitrogens with zero attached hydrogens (tertiary/aromatic N) is 3. The molecule has 2 aromatic rings. The first kappa shape index (κ1) is 9.56. The Morgan fingerprint density at radius 2 is 2.27 bits per heavy atom. The van der Waals surface area contributed by atoms with E-state index < -0.39 is 0 Å². The summed E-state index contributed by atoms with van der Waals surface area (Å²) in [5.41, 5.74) is 1.35. The lowest BCUT2D eigenvalue weighted by Crippen LogP contribution is -1.91. The van der Waals surface area contributed by atoms with Crippen molar-refractivity contribution in [3.63, 3.8) is 0 Å². The van der Waals surface area contributed by atoms with Crippen LogP contribution in [0.4, 0.5) is 0 Å². The van der Waals surface area contributed by atoms with Gasteiger partial charge < -0.3 is 4.74 Å². The molecule has 2 aromatic heterocycles. The third-order valence-corrected chi connectivity index (χ3v) is 1.83. The zero-order valence-electron chi connectivity index (χ0n) is 8.27. The minimum Gasteiger partial charge on any atom is -0.372 e. The molecule has 0 bridgehead atoms. The molecule has 4 nitrogen and oxygen atoms in total. The Morgan fingerprint density at radius 1 is 1.33 bits per heavy atom. The first-order valence-electron chi connectivity index (χ1n) is 4.45. The predicted octanol–water partition coefficient (Wildman–Crippen LogP) is 1.02. The highest BCUT2D eigenvalue weighted by Crippen LogP contribution is 2.09. The Morgan fingerprint density at radius 3 is 3.13 bits per heavy atom. The highest BCUT2D eigenvalue weighted by atomic mass is 16.5. The quantitative estimate of drug-likeness (QED) is 0.643. The Bertz CT molecular complexity index is 523. The molecular weight excluding hydrogens is 190 g/mol. The second-order valence-corrected chi connectivity index (χ2v) is 2.83. The van der Waals surface area contributed by atoms with Crippen molar-refractivity contribution >= 4 is 11.0 Å². The van der Waals surface area contributed by atoms with Crippen LogP contribution in [0.1, 0.15) is 5.69 Å². The van der Waals surface area contributed by atoms with E-state index in [1.54, 1.807) is 13.3 Å². The van der Waals surface area contributed by atoms with Crippen LogP contribution in [0.3, 0.4) is 0 Å². The maximum absolute atomic E-state index is 4.84. The van der Waals surface area contributed by atoms with Crippen molar-refractivity contribution < 1.29 is 4.74 Å². The van der Waals surface area contributed by atoms with Crippen molar-refractivity contribution in [2.75, 3.05) is 13.7 Å². The van der Waals surface area contributed by atoms with Crippen LogP contribution in [0.25, 0.3) is 11.0 Å². The summed E-state index contributed by atoms with van der Waals surface area (Å²) in [6, 6.07) is 3.74. The minimum absolute atomic E-state index is 0.395. The smallest absolute Gasteiger partial charge is 0.163 e. The van der Waals surface area contributed by atoms with Crippen LogP contribution >= 0.6 is 0 Å². The molecule has 0 radical (unpaired) electrons. The summed E-state index contributed by atoms with van der Waals surface area (Å²) in [6.07, 6.45) is 3.16. The molecule has 2 heterocycles. The molecule has 4 heteroatoms. The number of fused-ring (bicyclic) bond motifs is 1. The van der Waals surface area contributed by atoms with Gasteiger partial charge in [0, 0.05) is 13.3 Å². The summed E-state index contributed by atoms with van der Waals surface area (Å²) in [5.74, 6) is 5.78. The number of rotatable bonds is 1. The standard InChI is InChI=1S/C11H9N3O/c1-15-7-3-5-10-9-4-2-6-12-11(9)14-8-13-10/h2,4,6,8H,7H2,1H3. The molecule has 0 spiro atoms. The van der Waals surface area contributed by atoms with E-state index in [0.29, 0.717) is 17.9 Å². The van der Waals surface area contributed by atoms with Gasteiger partial charge in [-0.2, -0.15) is 0 Å². The van der Waals surface area contributed by atoms with Crippen molar-refractivity contribution in [2.45, 2.75) is 0 Å². The fourth-order valence-electron chi connectivity index (χ4n) is 1.19. The summed E-state index contributed by atoms with van der Waals surface area (Å²) < 4.78 is 4.84. The zero-order chi connectivity index (χ0) is 10.5. The predicted molar refractivity (Wildman–Crippen MR) is 56.1 cm³/mol. The van der Waals surface area contributed by atoms with E-state index in [4.69, 9.17) is 4.74 Å². The van der Waals surface area contributed by atoms with E-state index in [1.807, 2.05) is 12.1 Å². The number of hydrogen-bond donors (Lipinski definition) is 0. The van der Waals surface area contributed by atoms with E-state index >= 15 is 0 Å². The maximum atomic E-state index is 4.84. The molecule has 0 aliphatic heterocycles.